The highest BCUT2D eigenvalue weighted by molar-refractivity contribution is 9.10. The topological polar surface area (TPSA) is 49.8 Å². The highest BCUT2D eigenvalue weighted by Gasteiger charge is 2.33. The number of hydrogen-bond acceptors (Lipinski definition) is 4. The Bertz CT molecular complexity index is 587. The Morgan fingerprint density at radius 3 is 2.64 bits per heavy atom. The number of nitrogens with zero attached hydrogens (tertiary/aromatic N) is 2. The molecule has 2 heterocycles. The lowest BCUT2D eigenvalue weighted by atomic mass is 10.00. The summed E-state index contributed by atoms with van der Waals surface area (Å²) in [5.41, 5.74) is 1.36. The molecular formula is C17H21BrN4. The predicted octanol–water partition coefficient (Wildman–Crippen LogP) is 3.40. The average Bonchev–Trinajstić information content (AvgIpc) is 2.92. The number of benzene rings is 1. The molecule has 5 heteroatoms. The smallest absolute Gasteiger partial charge is 0.222 e. The van der Waals surface area contributed by atoms with Crippen LogP contribution in [0.25, 0.3) is 0 Å². The van der Waals surface area contributed by atoms with E-state index in [2.05, 4.69) is 73.8 Å². The zero-order chi connectivity index (χ0) is 15.4. The summed E-state index contributed by atoms with van der Waals surface area (Å²) in [6.45, 7) is 2.23. The van der Waals surface area contributed by atoms with Crippen LogP contribution < -0.4 is 10.6 Å². The first-order valence-electron chi connectivity index (χ1n) is 7.78. The molecule has 1 aliphatic rings. The van der Waals surface area contributed by atoms with Gasteiger partial charge in [0.25, 0.3) is 0 Å². The molecule has 0 saturated carbocycles. The normalized spacial score (nSPS) is 24.4. The van der Waals surface area contributed by atoms with Crippen LogP contribution in [-0.2, 0) is 6.42 Å². The summed E-state index contributed by atoms with van der Waals surface area (Å²) < 4.78 is 0.898. The van der Waals surface area contributed by atoms with Gasteiger partial charge in [0, 0.05) is 30.5 Å². The zero-order valence-corrected chi connectivity index (χ0v) is 14.3. The summed E-state index contributed by atoms with van der Waals surface area (Å²) in [7, 11) is 0. The largest absolute Gasteiger partial charge is 0.350 e. The van der Waals surface area contributed by atoms with Crippen LogP contribution in [-0.4, -0.2) is 28.1 Å². The molecule has 0 bridgehead atoms. The van der Waals surface area contributed by atoms with Crippen molar-refractivity contribution in [2.45, 2.75) is 44.3 Å². The molecular weight excluding hydrogens is 340 g/mol. The SMILES string of the molecule is CC[C@@H]1C[C@H](Nc2ncc(Br)cn2)[C@H](Cc2ccccc2)N1. The minimum absolute atomic E-state index is 0.353. The molecule has 2 aromatic rings. The third kappa shape index (κ3) is 3.84. The van der Waals surface area contributed by atoms with E-state index in [4.69, 9.17) is 0 Å². The van der Waals surface area contributed by atoms with Crippen LogP contribution in [0.5, 0.6) is 0 Å². The van der Waals surface area contributed by atoms with Crippen molar-refractivity contribution in [3.8, 4) is 0 Å². The van der Waals surface area contributed by atoms with Gasteiger partial charge in [-0.2, -0.15) is 0 Å². The molecule has 1 fully saturated rings. The summed E-state index contributed by atoms with van der Waals surface area (Å²) in [4.78, 5) is 8.67. The molecule has 3 rings (SSSR count). The maximum Gasteiger partial charge on any atom is 0.222 e. The molecule has 1 aliphatic heterocycles. The lowest BCUT2D eigenvalue weighted by molar-refractivity contribution is 0.516. The summed E-state index contributed by atoms with van der Waals surface area (Å²) in [6.07, 6.45) is 6.83. The maximum atomic E-state index is 4.34. The zero-order valence-electron chi connectivity index (χ0n) is 12.7. The van der Waals surface area contributed by atoms with E-state index in [0.717, 1.165) is 23.7 Å². The Balaban J connectivity index is 1.70. The second-order valence-electron chi connectivity index (χ2n) is 5.78. The minimum atomic E-state index is 0.353. The van der Waals surface area contributed by atoms with E-state index in [-0.39, 0.29) is 0 Å². The summed E-state index contributed by atoms with van der Waals surface area (Å²) in [5.74, 6) is 0.699. The van der Waals surface area contributed by atoms with E-state index < -0.39 is 0 Å². The predicted molar refractivity (Wildman–Crippen MR) is 92.9 cm³/mol. The molecule has 0 aliphatic carbocycles. The Hall–Kier alpha value is -1.46. The van der Waals surface area contributed by atoms with Crippen LogP contribution in [0, 0.1) is 0 Å². The first-order valence-corrected chi connectivity index (χ1v) is 8.58. The molecule has 0 amide bonds. The van der Waals surface area contributed by atoms with E-state index >= 15 is 0 Å². The van der Waals surface area contributed by atoms with Crippen LogP contribution in [0.4, 0.5) is 5.95 Å². The average molecular weight is 361 g/mol. The van der Waals surface area contributed by atoms with Gasteiger partial charge in [-0.05, 0) is 40.8 Å². The van der Waals surface area contributed by atoms with Crippen molar-refractivity contribution in [1.29, 1.82) is 0 Å². The van der Waals surface area contributed by atoms with Gasteiger partial charge in [0.15, 0.2) is 0 Å². The van der Waals surface area contributed by atoms with Gasteiger partial charge < -0.3 is 10.6 Å². The van der Waals surface area contributed by atoms with Gasteiger partial charge in [0.2, 0.25) is 5.95 Å². The number of hydrogen-bond donors (Lipinski definition) is 2. The molecule has 1 aromatic carbocycles. The maximum absolute atomic E-state index is 4.34. The molecule has 22 heavy (non-hydrogen) atoms. The Labute approximate surface area is 139 Å². The van der Waals surface area contributed by atoms with Gasteiger partial charge in [-0.1, -0.05) is 37.3 Å². The number of rotatable bonds is 5. The molecule has 1 aromatic heterocycles. The van der Waals surface area contributed by atoms with Gasteiger partial charge >= 0.3 is 0 Å². The fraction of sp³-hybridized carbons (Fsp3) is 0.412. The number of aromatic nitrogens is 2. The van der Waals surface area contributed by atoms with E-state index in [1.807, 2.05) is 0 Å². The number of nitrogens with one attached hydrogen (secondary N) is 2. The lowest BCUT2D eigenvalue weighted by Gasteiger charge is -2.21. The molecule has 1 saturated heterocycles. The van der Waals surface area contributed by atoms with Gasteiger partial charge in [0.1, 0.15) is 0 Å². The fourth-order valence-corrected chi connectivity index (χ4v) is 3.23. The summed E-state index contributed by atoms with van der Waals surface area (Å²) in [5, 5.41) is 7.24. The van der Waals surface area contributed by atoms with Crippen molar-refractivity contribution in [1.82, 2.24) is 15.3 Å². The van der Waals surface area contributed by atoms with Crippen molar-refractivity contribution in [2.24, 2.45) is 0 Å². The highest BCUT2D eigenvalue weighted by Crippen LogP contribution is 2.22. The van der Waals surface area contributed by atoms with Crippen molar-refractivity contribution in [3.63, 3.8) is 0 Å². The Kier molecular flexibility index (Phi) is 5.05. The van der Waals surface area contributed by atoms with Crippen molar-refractivity contribution in [2.75, 3.05) is 5.32 Å². The highest BCUT2D eigenvalue weighted by atomic mass is 79.9. The van der Waals surface area contributed by atoms with Gasteiger partial charge in [0.05, 0.1) is 4.47 Å². The third-order valence-corrected chi connectivity index (χ3v) is 4.61. The standard InChI is InChI=1S/C17H21BrN4/c1-2-14-9-16(22-17-19-10-13(18)11-20-17)15(21-14)8-12-6-4-3-5-7-12/h3-7,10-11,14-16,21H,2,8-9H2,1H3,(H,19,20,22)/t14-,15+,16+/m1/s1. The van der Waals surface area contributed by atoms with Crippen LogP contribution in [0.2, 0.25) is 0 Å². The summed E-state index contributed by atoms with van der Waals surface area (Å²) >= 11 is 3.37. The van der Waals surface area contributed by atoms with Gasteiger partial charge in [-0.25, -0.2) is 9.97 Å². The molecule has 0 spiro atoms. The van der Waals surface area contributed by atoms with Crippen LogP contribution in [0.3, 0.4) is 0 Å². The third-order valence-electron chi connectivity index (χ3n) is 4.20. The lowest BCUT2D eigenvalue weighted by Crippen LogP contribution is -2.38. The number of anilines is 1. The van der Waals surface area contributed by atoms with E-state index in [0.29, 0.717) is 24.1 Å². The Morgan fingerprint density at radius 2 is 1.95 bits per heavy atom. The monoisotopic (exact) mass is 360 g/mol. The Morgan fingerprint density at radius 1 is 1.23 bits per heavy atom. The molecule has 0 unspecified atom stereocenters. The van der Waals surface area contributed by atoms with E-state index in [9.17, 15) is 0 Å². The fourth-order valence-electron chi connectivity index (χ4n) is 3.02. The van der Waals surface area contributed by atoms with Gasteiger partial charge in [-0.3, -0.25) is 0 Å². The quantitative estimate of drug-likeness (QED) is 0.857. The second-order valence-corrected chi connectivity index (χ2v) is 6.70. The van der Waals surface area contributed by atoms with Crippen LogP contribution in [0.1, 0.15) is 25.3 Å². The molecule has 116 valence electrons. The first-order chi connectivity index (χ1) is 10.7. The van der Waals surface area contributed by atoms with Crippen LogP contribution in [0.15, 0.2) is 47.2 Å². The second kappa shape index (κ2) is 7.20. The van der Waals surface area contributed by atoms with E-state index in [1.54, 1.807) is 12.4 Å². The first kappa shape index (κ1) is 15.4. The number of halogens is 1. The van der Waals surface area contributed by atoms with Gasteiger partial charge in [-0.15, -0.1) is 0 Å². The minimum Gasteiger partial charge on any atom is -0.350 e. The summed E-state index contributed by atoms with van der Waals surface area (Å²) in [6, 6.07) is 11.9. The molecule has 0 radical (unpaired) electrons. The molecule has 2 N–H and O–H groups in total. The van der Waals surface area contributed by atoms with Crippen molar-refractivity contribution in [3.05, 3.63) is 52.8 Å². The van der Waals surface area contributed by atoms with Crippen LogP contribution >= 0.6 is 15.9 Å². The van der Waals surface area contributed by atoms with E-state index in [1.165, 1.54) is 5.56 Å². The van der Waals surface area contributed by atoms with Crippen molar-refractivity contribution < 1.29 is 0 Å². The molecule has 4 nitrogen and oxygen atoms in total. The van der Waals surface area contributed by atoms with Crippen molar-refractivity contribution >= 4 is 21.9 Å². The molecule has 3 atom stereocenters.